The van der Waals surface area contributed by atoms with Gasteiger partial charge in [0.05, 0.1) is 6.67 Å². The molecule has 2 saturated heterocycles. The third-order valence-corrected chi connectivity index (χ3v) is 2.90. The van der Waals surface area contributed by atoms with Gasteiger partial charge in [0.2, 0.25) is 0 Å². The summed E-state index contributed by atoms with van der Waals surface area (Å²) in [5, 5.41) is 0. The zero-order chi connectivity index (χ0) is 7.90. The molecule has 2 nitrogen and oxygen atoms in total. The fourth-order valence-electron chi connectivity index (χ4n) is 1.84. The van der Waals surface area contributed by atoms with E-state index < -0.39 is 0 Å². The summed E-state index contributed by atoms with van der Waals surface area (Å²) in [4.78, 5) is 5.10. The van der Waals surface area contributed by atoms with Gasteiger partial charge in [-0.25, -0.2) is 0 Å². The van der Waals surface area contributed by atoms with E-state index in [2.05, 4.69) is 23.6 Å². The van der Waals surface area contributed by atoms with Gasteiger partial charge in [-0.3, -0.25) is 9.80 Å². The van der Waals surface area contributed by atoms with Crippen molar-refractivity contribution in [3.63, 3.8) is 0 Å². The van der Waals surface area contributed by atoms with Gasteiger partial charge in [-0.15, -0.1) is 0 Å². The second-order valence-corrected chi connectivity index (χ2v) is 4.48. The van der Waals surface area contributed by atoms with Crippen LogP contribution in [-0.2, 0) is 0 Å². The van der Waals surface area contributed by atoms with Crippen LogP contribution in [0.1, 0.15) is 26.7 Å². The highest BCUT2D eigenvalue weighted by atomic mass is 15.4. The smallest absolute Gasteiger partial charge is 0.0512 e. The van der Waals surface area contributed by atoms with Crippen LogP contribution in [0, 0.1) is 0 Å². The molecule has 0 aromatic heterocycles. The molecule has 0 bridgehead atoms. The lowest BCUT2D eigenvalue weighted by Crippen LogP contribution is -2.28. The van der Waals surface area contributed by atoms with Crippen molar-refractivity contribution in [1.82, 2.24) is 9.80 Å². The first-order chi connectivity index (χ1) is 5.18. The average molecular weight is 154 g/mol. The fourth-order valence-corrected chi connectivity index (χ4v) is 1.84. The van der Waals surface area contributed by atoms with Crippen LogP contribution < -0.4 is 0 Å². The molecule has 2 fully saturated rings. The summed E-state index contributed by atoms with van der Waals surface area (Å²) >= 11 is 0. The molecule has 2 heteroatoms. The Morgan fingerprint density at radius 1 is 1.18 bits per heavy atom. The Bertz CT molecular complexity index is 145. The third kappa shape index (κ3) is 1.57. The van der Waals surface area contributed by atoms with Gasteiger partial charge in [0, 0.05) is 12.1 Å². The van der Waals surface area contributed by atoms with Crippen molar-refractivity contribution in [2.45, 2.75) is 32.2 Å². The summed E-state index contributed by atoms with van der Waals surface area (Å²) in [6, 6.07) is 0. The Labute approximate surface area is 69.2 Å². The predicted octanol–water partition coefficient (Wildman–Crippen LogP) is 1.13. The molecule has 1 atom stereocenters. The van der Waals surface area contributed by atoms with Crippen molar-refractivity contribution in [1.29, 1.82) is 0 Å². The molecule has 0 N–H and O–H groups in total. The van der Waals surface area contributed by atoms with Gasteiger partial charge in [-0.05, 0) is 39.8 Å². The van der Waals surface area contributed by atoms with E-state index in [0.29, 0.717) is 5.54 Å². The van der Waals surface area contributed by atoms with E-state index in [1.807, 2.05) is 0 Å². The molecule has 0 aliphatic carbocycles. The first kappa shape index (κ1) is 7.56. The Morgan fingerprint density at radius 3 is 2.18 bits per heavy atom. The highest BCUT2D eigenvalue weighted by molar-refractivity contribution is 4.99. The second-order valence-electron chi connectivity index (χ2n) is 4.48. The molecule has 2 aliphatic rings. The maximum absolute atomic E-state index is 2.56. The number of likely N-dealkylation sites (tertiary alicyclic amines) is 1. The van der Waals surface area contributed by atoms with E-state index >= 15 is 0 Å². The molecule has 64 valence electrons. The van der Waals surface area contributed by atoms with Crippen molar-refractivity contribution < 1.29 is 0 Å². The van der Waals surface area contributed by atoms with Gasteiger partial charge in [-0.2, -0.15) is 0 Å². The van der Waals surface area contributed by atoms with E-state index in [0.717, 1.165) is 0 Å². The van der Waals surface area contributed by atoms with Crippen LogP contribution in [0.3, 0.4) is 0 Å². The molecular formula is C9H18N2. The van der Waals surface area contributed by atoms with Gasteiger partial charge in [-0.1, -0.05) is 0 Å². The molecule has 2 aliphatic heterocycles. The summed E-state index contributed by atoms with van der Waals surface area (Å²) in [5.41, 5.74) is 0.516. The summed E-state index contributed by atoms with van der Waals surface area (Å²) in [5.74, 6) is 0. The molecule has 0 spiro atoms. The Morgan fingerprint density at radius 2 is 1.73 bits per heavy atom. The first-order valence-electron chi connectivity index (χ1n) is 4.66. The maximum atomic E-state index is 2.56. The maximum Gasteiger partial charge on any atom is 0.0512 e. The predicted molar refractivity (Wildman–Crippen MR) is 46.5 cm³/mol. The van der Waals surface area contributed by atoms with E-state index in [9.17, 15) is 0 Å². The highest BCUT2D eigenvalue weighted by Crippen LogP contribution is 2.31. The highest BCUT2D eigenvalue weighted by Gasteiger charge is 2.43. The van der Waals surface area contributed by atoms with Crippen molar-refractivity contribution in [3.05, 3.63) is 0 Å². The molecule has 0 aromatic carbocycles. The van der Waals surface area contributed by atoms with Crippen LogP contribution >= 0.6 is 0 Å². The SMILES string of the molecule is CC1(C)CN1CN1CCCC1. The van der Waals surface area contributed by atoms with Crippen LogP contribution in [0.15, 0.2) is 0 Å². The van der Waals surface area contributed by atoms with Crippen molar-refractivity contribution in [3.8, 4) is 0 Å². The van der Waals surface area contributed by atoms with Crippen molar-refractivity contribution in [2.75, 3.05) is 26.3 Å². The Hall–Kier alpha value is -0.0800. The first-order valence-corrected chi connectivity index (χ1v) is 4.66. The minimum atomic E-state index is 0.516. The van der Waals surface area contributed by atoms with Crippen molar-refractivity contribution >= 4 is 0 Å². The minimum absolute atomic E-state index is 0.516. The van der Waals surface area contributed by atoms with Gasteiger partial charge >= 0.3 is 0 Å². The van der Waals surface area contributed by atoms with Crippen LogP contribution in [-0.4, -0.2) is 41.6 Å². The molecule has 1 unspecified atom stereocenters. The van der Waals surface area contributed by atoms with E-state index in [-0.39, 0.29) is 0 Å². The monoisotopic (exact) mass is 154 g/mol. The number of hydrogen-bond donors (Lipinski definition) is 0. The van der Waals surface area contributed by atoms with Gasteiger partial charge in [0.1, 0.15) is 0 Å². The quantitative estimate of drug-likeness (QED) is 0.550. The minimum Gasteiger partial charge on any atom is -0.290 e. The zero-order valence-corrected chi connectivity index (χ0v) is 7.64. The lowest BCUT2D eigenvalue weighted by Gasteiger charge is -2.16. The average Bonchev–Trinajstić information content (AvgIpc) is 2.42. The summed E-state index contributed by atoms with van der Waals surface area (Å²) < 4.78 is 0. The van der Waals surface area contributed by atoms with Gasteiger partial charge in [0.15, 0.2) is 0 Å². The molecule has 0 amide bonds. The summed E-state index contributed by atoms with van der Waals surface area (Å²) in [7, 11) is 0. The molecule has 0 aromatic rings. The van der Waals surface area contributed by atoms with Crippen LogP contribution in [0.2, 0.25) is 0 Å². The Balaban J connectivity index is 1.75. The van der Waals surface area contributed by atoms with Crippen molar-refractivity contribution in [2.24, 2.45) is 0 Å². The fraction of sp³-hybridized carbons (Fsp3) is 1.00. The summed E-state index contributed by atoms with van der Waals surface area (Å²) in [6.07, 6.45) is 2.82. The number of hydrogen-bond acceptors (Lipinski definition) is 2. The number of nitrogens with zero attached hydrogens (tertiary/aromatic N) is 2. The van der Waals surface area contributed by atoms with Crippen LogP contribution in [0.5, 0.6) is 0 Å². The largest absolute Gasteiger partial charge is 0.290 e. The standard InChI is InChI=1S/C9H18N2/c1-9(2)7-11(9)8-10-5-3-4-6-10/h3-8H2,1-2H3. The molecule has 0 saturated carbocycles. The van der Waals surface area contributed by atoms with Gasteiger partial charge in [0.25, 0.3) is 0 Å². The Kier molecular flexibility index (Phi) is 1.69. The van der Waals surface area contributed by atoms with E-state index in [4.69, 9.17) is 0 Å². The normalized spacial score (nSPS) is 36.0. The van der Waals surface area contributed by atoms with E-state index in [1.165, 1.54) is 39.1 Å². The second kappa shape index (κ2) is 2.46. The molecule has 2 heterocycles. The van der Waals surface area contributed by atoms with E-state index in [1.54, 1.807) is 0 Å². The van der Waals surface area contributed by atoms with Crippen LogP contribution in [0.4, 0.5) is 0 Å². The van der Waals surface area contributed by atoms with Crippen LogP contribution in [0.25, 0.3) is 0 Å². The molecule has 2 rings (SSSR count). The molecule has 0 radical (unpaired) electrons. The third-order valence-electron chi connectivity index (χ3n) is 2.90. The summed E-state index contributed by atoms with van der Waals surface area (Å²) in [6.45, 7) is 9.81. The van der Waals surface area contributed by atoms with Gasteiger partial charge < -0.3 is 0 Å². The topological polar surface area (TPSA) is 6.25 Å². The zero-order valence-electron chi connectivity index (χ0n) is 7.64. The lowest BCUT2D eigenvalue weighted by molar-refractivity contribution is 0.234. The molecular weight excluding hydrogens is 136 g/mol. The number of rotatable bonds is 2. The lowest BCUT2D eigenvalue weighted by atomic mass is 10.2. The molecule has 11 heavy (non-hydrogen) atoms.